The van der Waals surface area contributed by atoms with Crippen LogP contribution in [-0.4, -0.2) is 63.5 Å². The lowest BCUT2D eigenvalue weighted by Gasteiger charge is -2.31. The Labute approximate surface area is 222 Å². The first-order valence-electron chi connectivity index (χ1n) is 12.7. The number of methoxy groups -OCH3 is 1. The van der Waals surface area contributed by atoms with Crippen LogP contribution in [0, 0.1) is 11.6 Å². The summed E-state index contributed by atoms with van der Waals surface area (Å²) in [5.41, 5.74) is 7.50. The predicted molar refractivity (Wildman–Crippen MR) is 138 cm³/mol. The molecule has 9 nitrogen and oxygen atoms in total. The van der Waals surface area contributed by atoms with Gasteiger partial charge in [0.05, 0.1) is 40.4 Å². The molecule has 198 valence electrons. The van der Waals surface area contributed by atoms with Crippen LogP contribution in [0.3, 0.4) is 0 Å². The number of halogens is 3. The number of fused-ring (bicyclic) bond motifs is 3. The van der Waals surface area contributed by atoms with E-state index < -0.39 is 11.6 Å². The number of hydrogen-bond donors (Lipinski definition) is 1. The van der Waals surface area contributed by atoms with Crippen LogP contribution in [-0.2, 0) is 19.6 Å². The van der Waals surface area contributed by atoms with E-state index in [0.717, 1.165) is 56.6 Å². The molecule has 2 saturated heterocycles. The summed E-state index contributed by atoms with van der Waals surface area (Å²) in [5.74, 6) is -1.38. The summed E-state index contributed by atoms with van der Waals surface area (Å²) in [4.78, 5) is 13.7. The minimum Gasteiger partial charge on any atom is -0.493 e. The highest BCUT2D eigenvalue weighted by Crippen LogP contribution is 2.43. The molecule has 37 heavy (non-hydrogen) atoms. The van der Waals surface area contributed by atoms with Crippen LogP contribution in [0.1, 0.15) is 43.5 Å². The third-order valence-electron chi connectivity index (χ3n) is 7.95. The summed E-state index contributed by atoms with van der Waals surface area (Å²) in [6, 6.07) is 2.04. The minimum absolute atomic E-state index is 0.0220. The summed E-state index contributed by atoms with van der Waals surface area (Å²) >= 11 is 3.04. The van der Waals surface area contributed by atoms with Gasteiger partial charge >= 0.3 is 6.01 Å². The lowest BCUT2D eigenvalue weighted by Crippen LogP contribution is -2.43. The van der Waals surface area contributed by atoms with E-state index >= 15 is 8.78 Å². The minimum atomic E-state index is -0.831. The molecule has 0 atom stereocenters. The Morgan fingerprint density at radius 1 is 1.08 bits per heavy atom. The van der Waals surface area contributed by atoms with Gasteiger partial charge < -0.3 is 20.1 Å². The maximum Gasteiger partial charge on any atom is 0.319 e. The van der Waals surface area contributed by atoms with Gasteiger partial charge in [-0.1, -0.05) is 0 Å². The van der Waals surface area contributed by atoms with Gasteiger partial charge in [0.1, 0.15) is 17.9 Å². The number of hydrogen-bond acceptors (Lipinski definition) is 8. The Morgan fingerprint density at radius 2 is 1.86 bits per heavy atom. The van der Waals surface area contributed by atoms with Crippen LogP contribution >= 0.6 is 15.9 Å². The van der Waals surface area contributed by atoms with Crippen molar-refractivity contribution in [3.8, 4) is 11.8 Å². The fourth-order valence-electron chi connectivity index (χ4n) is 6.15. The molecule has 0 aliphatic carbocycles. The van der Waals surface area contributed by atoms with Crippen molar-refractivity contribution in [2.45, 2.75) is 57.3 Å². The lowest BCUT2D eigenvalue weighted by atomic mass is 9.95. The van der Waals surface area contributed by atoms with Gasteiger partial charge in [0.15, 0.2) is 17.4 Å². The molecule has 0 spiro atoms. The van der Waals surface area contributed by atoms with Crippen LogP contribution in [0.15, 0.2) is 10.5 Å². The van der Waals surface area contributed by atoms with Crippen LogP contribution < -0.4 is 20.1 Å². The zero-order valence-corrected chi connectivity index (χ0v) is 22.4. The van der Waals surface area contributed by atoms with E-state index in [4.69, 9.17) is 20.2 Å². The molecule has 5 heterocycles. The molecule has 3 aliphatic heterocycles. The van der Waals surface area contributed by atoms with Gasteiger partial charge in [-0.25, -0.2) is 8.78 Å². The molecule has 3 aliphatic rings. The van der Waals surface area contributed by atoms with E-state index in [9.17, 15) is 0 Å². The molecule has 0 bridgehead atoms. The Bertz CT molecular complexity index is 1340. The normalized spacial score (nSPS) is 19.2. The van der Waals surface area contributed by atoms with Gasteiger partial charge in [-0.2, -0.15) is 15.1 Å². The lowest BCUT2D eigenvalue weighted by molar-refractivity contribution is 0.108. The SMILES string of the molecule is COc1c(F)c(Br)c(F)c2nc(OCC34CCCN3CCC4)nc(N3CCCn4nc(CN)cc4C3)c12. The van der Waals surface area contributed by atoms with Crippen LogP contribution in [0.25, 0.3) is 10.9 Å². The molecule has 2 N–H and O–H groups in total. The van der Waals surface area contributed by atoms with E-state index in [1.54, 1.807) is 0 Å². The first-order valence-corrected chi connectivity index (χ1v) is 13.5. The Balaban J connectivity index is 1.45. The summed E-state index contributed by atoms with van der Waals surface area (Å²) in [7, 11) is 1.36. The maximum atomic E-state index is 15.5. The summed E-state index contributed by atoms with van der Waals surface area (Å²) in [6.45, 7) is 4.67. The molecule has 0 unspecified atom stereocenters. The van der Waals surface area contributed by atoms with Gasteiger partial charge in [-0.05, 0) is 67.2 Å². The average Bonchev–Trinajstić information content (AvgIpc) is 3.56. The van der Waals surface area contributed by atoms with Crippen molar-refractivity contribution in [1.29, 1.82) is 0 Å². The monoisotopic (exact) mass is 577 g/mol. The molecule has 3 aromatic rings. The van der Waals surface area contributed by atoms with Crippen LogP contribution in [0.5, 0.6) is 11.8 Å². The average molecular weight is 578 g/mol. The molecule has 2 aromatic heterocycles. The number of ether oxygens (including phenoxy) is 2. The standard InChI is InChI=1S/C25H30BrF2N7O2/c1-36-22-17-21(19(27)18(26)20(22)28)30-24(37-14-25-5-2-8-34(25)9-3-6-25)31-23(17)33-7-4-10-35-16(13-33)11-15(12-29)32-35/h11H,2-10,12-14,29H2,1H3. The zero-order valence-electron chi connectivity index (χ0n) is 20.8. The second-order valence-corrected chi connectivity index (χ2v) is 10.9. The number of rotatable bonds is 6. The highest BCUT2D eigenvalue weighted by atomic mass is 79.9. The van der Waals surface area contributed by atoms with Crippen molar-refractivity contribution in [2.75, 3.05) is 38.3 Å². The fourth-order valence-corrected chi connectivity index (χ4v) is 6.52. The number of aromatic nitrogens is 4. The van der Waals surface area contributed by atoms with Gasteiger partial charge in [-0.3, -0.25) is 9.58 Å². The molecular weight excluding hydrogens is 548 g/mol. The first kappa shape index (κ1) is 24.7. The topological polar surface area (TPSA) is 94.6 Å². The molecule has 2 fully saturated rings. The largest absolute Gasteiger partial charge is 0.493 e. The number of anilines is 1. The van der Waals surface area contributed by atoms with Gasteiger partial charge in [-0.15, -0.1) is 0 Å². The van der Waals surface area contributed by atoms with E-state index in [1.165, 1.54) is 7.11 Å². The molecule has 0 amide bonds. The first-order chi connectivity index (χ1) is 17.9. The predicted octanol–water partition coefficient (Wildman–Crippen LogP) is 3.75. The quantitative estimate of drug-likeness (QED) is 0.443. The Kier molecular flexibility index (Phi) is 6.44. The third-order valence-corrected chi connectivity index (χ3v) is 8.64. The van der Waals surface area contributed by atoms with Gasteiger partial charge in [0.25, 0.3) is 0 Å². The number of aryl methyl sites for hydroxylation is 1. The van der Waals surface area contributed by atoms with E-state index in [1.807, 2.05) is 15.6 Å². The zero-order chi connectivity index (χ0) is 25.7. The highest BCUT2D eigenvalue weighted by molar-refractivity contribution is 9.10. The van der Waals surface area contributed by atoms with E-state index in [-0.39, 0.29) is 32.7 Å². The third kappa shape index (κ3) is 4.13. The molecule has 0 radical (unpaired) electrons. The Morgan fingerprint density at radius 3 is 2.59 bits per heavy atom. The van der Waals surface area contributed by atoms with Crippen LogP contribution in [0.4, 0.5) is 14.6 Å². The van der Waals surface area contributed by atoms with Crippen molar-refractivity contribution in [3.63, 3.8) is 0 Å². The van der Waals surface area contributed by atoms with E-state index in [0.29, 0.717) is 38.6 Å². The molecular formula is C25H30BrF2N7O2. The van der Waals surface area contributed by atoms with Crippen molar-refractivity contribution >= 4 is 32.7 Å². The number of nitrogens with two attached hydrogens (primary N) is 1. The van der Waals surface area contributed by atoms with E-state index in [2.05, 4.69) is 30.9 Å². The van der Waals surface area contributed by atoms with Gasteiger partial charge in [0, 0.05) is 19.6 Å². The molecule has 6 rings (SSSR count). The number of benzene rings is 1. The summed E-state index contributed by atoms with van der Waals surface area (Å²) in [6.07, 6.45) is 5.16. The second-order valence-electron chi connectivity index (χ2n) is 10.1. The van der Waals surface area contributed by atoms with Crippen molar-refractivity contribution in [1.82, 2.24) is 24.6 Å². The van der Waals surface area contributed by atoms with Crippen molar-refractivity contribution in [2.24, 2.45) is 5.73 Å². The smallest absolute Gasteiger partial charge is 0.319 e. The van der Waals surface area contributed by atoms with Crippen molar-refractivity contribution < 1.29 is 18.3 Å². The highest BCUT2D eigenvalue weighted by Gasteiger charge is 2.45. The number of nitrogens with zero attached hydrogens (tertiary/aromatic N) is 6. The Hall–Kier alpha value is -2.57. The van der Waals surface area contributed by atoms with Crippen molar-refractivity contribution in [3.05, 3.63) is 33.6 Å². The van der Waals surface area contributed by atoms with Gasteiger partial charge in [0.2, 0.25) is 0 Å². The summed E-state index contributed by atoms with van der Waals surface area (Å²) < 4.78 is 43.9. The maximum absolute atomic E-state index is 15.5. The fraction of sp³-hybridized carbons (Fsp3) is 0.560. The summed E-state index contributed by atoms with van der Waals surface area (Å²) in [5, 5.41) is 4.75. The van der Waals surface area contributed by atoms with Crippen LogP contribution in [0.2, 0.25) is 0 Å². The molecule has 0 saturated carbocycles. The molecule has 1 aromatic carbocycles. The second kappa shape index (κ2) is 9.63. The molecule has 12 heteroatoms.